The Hall–Kier alpha value is -0.410. The summed E-state index contributed by atoms with van der Waals surface area (Å²) in [4.78, 5) is 4.81. The molecule has 1 saturated carbocycles. The Bertz CT molecular complexity index is 344. The summed E-state index contributed by atoms with van der Waals surface area (Å²) in [5, 5.41) is 7.13. The van der Waals surface area contributed by atoms with Crippen LogP contribution in [0.4, 0.5) is 0 Å². The quantitative estimate of drug-likeness (QED) is 0.832. The monoisotopic (exact) mass is 222 g/mol. The predicted octanol–water partition coefficient (Wildman–Crippen LogP) is 3.08. The van der Waals surface area contributed by atoms with Gasteiger partial charge in [-0.3, -0.25) is 0 Å². The van der Waals surface area contributed by atoms with E-state index in [0.717, 1.165) is 12.5 Å². The van der Waals surface area contributed by atoms with Gasteiger partial charge >= 0.3 is 0 Å². The maximum absolute atomic E-state index is 4.81. The van der Waals surface area contributed by atoms with Gasteiger partial charge in [0.15, 0.2) is 0 Å². The molecule has 1 aromatic rings. The second-order valence-electron chi connectivity index (χ2n) is 5.50. The first-order valence-electron chi connectivity index (χ1n) is 5.85. The predicted molar refractivity (Wildman–Crippen MR) is 63.2 cm³/mol. The minimum Gasteiger partial charge on any atom is -0.309 e. The molecular formula is C12H18N2S. The van der Waals surface area contributed by atoms with Crippen LogP contribution in [0.15, 0.2) is 5.38 Å². The number of rotatable bonds is 2. The van der Waals surface area contributed by atoms with Gasteiger partial charge in [-0.1, -0.05) is 13.8 Å². The summed E-state index contributed by atoms with van der Waals surface area (Å²) in [6.07, 6.45) is 3.88. The van der Waals surface area contributed by atoms with Gasteiger partial charge in [0.05, 0.1) is 16.7 Å². The lowest BCUT2D eigenvalue weighted by Gasteiger charge is -2.05. The Morgan fingerprint density at radius 3 is 2.93 bits per heavy atom. The third kappa shape index (κ3) is 1.72. The van der Waals surface area contributed by atoms with Gasteiger partial charge in [0, 0.05) is 11.3 Å². The molecule has 15 heavy (non-hydrogen) atoms. The van der Waals surface area contributed by atoms with Crippen molar-refractivity contribution in [3.05, 3.63) is 16.1 Å². The number of aromatic nitrogens is 1. The van der Waals surface area contributed by atoms with E-state index in [4.69, 9.17) is 4.98 Å². The highest BCUT2D eigenvalue weighted by atomic mass is 32.1. The third-order valence-electron chi connectivity index (χ3n) is 3.77. The number of hydrogen-bond acceptors (Lipinski definition) is 3. The van der Waals surface area contributed by atoms with Gasteiger partial charge in [0.25, 0.3) is 0 Å². The van der Waals surface area contributed by atoms with Gasteiger partial charge in [0.1, 0.15) is 0 Å². The van der Waals surface area contributed by atoms with E-state index in [-0.39, 0.29) is 0 Å². The maximum atomic E-state index is 4.81. The molecule has 0 spiro atoms. The van der Waals surface area contributed by atoms with Crippen molar-refractivity contribution in [1.29, 1.82) is 0 Å². The van der Waals surface area contributed by atoms with E-state index in [1.54, 1.807) is 0 Å². The number of hydrogen-bond donors (Lipinski definition) is 1. The molecular weight excluding hydrogens is 204 g/mol. The molecule has 0 amide bonds. The number of nitrogens with one attached hydrogen (secondary N) is 1. The molecule has 0 radical (unpaired) electrons. The molecule has 3 rings (SSSR count). The van der Waals surface area contributed by atoms with Crippen molar-refractivity contribution in [3.8, 4) is 0 Å². The van der Waals surface area contributed by atoms with E-state index < -0.39 is 0 Å². The summed E-state index contributed by atoms with van der Waals surface area (Å²) in [6.45, 7) is 5.84. The Morgan fingerprint density at radius 2 is 2.33 bits per heavy atom. The van der Waals surface area contributed by atoms with Crippen molar-refractivity contribution >= 4 is 11.3 Å². The molecule has 2 heterocycles. The van der Waals surface area contributed by atoms with Gasteiger partial charge in [-0.05, 0) is 31.2 Å². The van der Waals surface area contributed by atoms with Crippen molar-refractivity contribution in [2.75, 3.05) is 6.54 Å². The second-order valence-corrected chi connectivity index (χ2v) is 6.39. The van der Waals surface area contributed by atoms with E-state index in [2.05, 4.69) is 24.5 Å². The first-order chi connectivity index (χ1) is 7.17. The van der Waals surface area contributed by atoms with Crippen LogP contribution in [-0.4, -0.2) is 11.5 Å². The fourth-order valence-corrected chi connectivity index (χ4v) is 3.63. The Labute approximate surface area is 95.1 Å². The normalized spacial score (nSPS) is 33.2. The molecule has 1 saturated heterocycles. The molecule has 1 aliphatic carbocycles. The lowest BCUT2D eigenvalue weighted by atomic mass is 10.1. The molecule has 82 valence electrons. The van der Waals surface area contributed by atoms with E-state index in [9.17, 15) is 0 Å². The number of nitrogens with zero attached hydrogens (tertiary/aromatic N) is 1. The molecule has 1 aromatic heterocycles. The highest BCUT2D eigenvalue weighted by Gasteiger charge is 2.48. The van der Waals surface area contributed by atoms with Gasteiger partial charge in [0.2, 0.25) is 0 Å². The smallest absolute Gasteiger partial charge is 0.0965 e. The van der Waals surface area contributed by atoms with Crippen LogP contribution in [0.3, 0.4) is 0 Å². The molecule has 2 fully saturated rings. The van der Waals surface area contributed by atoms with Crippen LogP contribution in [0, 0.1) is 5.41 Å². The SMILES string of the molecule is CC1(C)CC1c1nc([C@@H]2CCCN2)cs1. The summed E-state index contributed by atoms with van der Waals surface area (Å²) >= 11 is 1.86. The zero-order valence-electron chi connectivity index (χ0n) is 9.42. The average Bonchev–Trinajstić information content (AvgIpc) is 2.73. The summed E-state index contributed by atoms with van der Waals surface area (Å²) < 4.78 is 0. The van der Waals surface area contributed by atoms with Crippen molar-refractivity contribution in [2.24, 2.45) is 5.41 Å². The van der Waals surface area contributed by atoms with Crippen LogP contribution in [0.25, 0.3) is 0 Å². The highest BCUT2D eigenvalue weighted by Crippen LogP contribution is 2.59. The molecule has 2 atom stereocenters. The first kappa shape index (κ1) is 9.79. The van der Waals surface area contributed by atoms with Crippen molar-refractivity contribution in [1.82, 2.24) is 10.3 Å². The number of thiazole rings is 1. The van der Waals surface area contributed by atoms with Crippen LogP contribution in [0.1, 0.15) is 55.8 Å². The van der Waals surface area contributed by atoms with Crippen molar-refractivity contribution in [2.45, 2.75) is 45.1 Å². The van der Waals surface area contributed by atoms with E-state index >= 15 is 0 Å². The molecule has 0 aromatic carbocycles. The largest absolute Gasteiger partial charge is 0.309 e. The van der Waals surface area contributed by atoms with Crippen LogP contribution in [-0.2, 0) is 0 Å². The zero-order valence-corrected chi connectivity index (χ0v) is 10.2. The fourth-order valence-electron chi connectivity index (χ4n) is 2.45. The van der Waals surface area contributed by atoms with Gasteiger partial charge in [-0.2, -0.15) is 0 Å². The summed E-state index contributed by atoms with van der Waals surface area (Å²) in [6, 6.07) is 0.539. The second kappa shape index (κ2) is 3.29. The van der Waals surface area contributed by atoms with E-state index in [1.165, 1.54) is 30.0 Å². The first-order valence-corrected chi connectivity index (χ1v) is 6.73. The lowest BCUT2D eigenvalue weighted by Crippen LogP contribution is -2.13. The standard InChI is InChI=1S/C12H18N2S/c1-12(2)6-8(12)11-14-10(7-15-11)9-4-3-5-13-9/h7-9,13H,3-6H2,1-2H3/t8?,9-/m0/s1. The molecule has 1 aliphatic heterocycles. The Morgan fingerprint density at radius 1 is 1.53 bits per heavy atom. The van der Waals surface area contributed by atoms with Gasteiger partial charge in [-0.25, -0.2) is 4.98 Å². The van der Waals surface area contributed by atoms with Crippen molar-refractivity contribution in [3.63, 3.8) is 0 Å². The average molecular weight is 222 g/mol. The zero-order chi connectivity index (χ0) is 10.5. The molecule has 0 bridgehead atoms. The fraction of sp³-hybridized carbons (Fsp3) is 0.750. The van der Waals surface area contributed by atoms with Gasteiger partial charge < -0.3 is 5.32 Å². The van der Waals surface area contributed by atoms with Gasteiger partial charge in [-0.15, -0.1) is 11.3 Å². The van der Waals surface area contributed by atoms with E-state index in [0.29, 0.717) is 11.5 Å². The van der Waals surface area contributed by atoms with Crippen LogP contribution >= 0.6 is 11.3 Å². The molecule has 1 unspecified atom stereocenters. The summed E-state index contributed by atoms with van der Waals surface area (Å²) in [5.41, 5.74) is 1.80. The Kier molecular flexibility index (Phi) is 2.15. The van der Waals surface area contributed by atoms with Crippen LogP contribution < -0.4 is 5.32 Å². The molecule has 1 N–H and O–H groups in total. The molecule has 2 aliphatic rings. The van der Waals surface area contributed by atoms with Crippen molar-refractivity contribution < 1.29 is 0 Å². The molecule has 3 heteroatoms. The minimum absolute atomic E-state index is 0.512. The van der Waals surface area contributed by atoms with Crippen LogP contribution in [0.2, 0.25) is 0 Å². The third-order valence-corrected chi connectivity index (χ3v) is 4.75. The lowest BCUT2D eigenvalue weighted by molar-refractivity contribution is 0.609. The Balaban J connectivity index is 1.76. The minimum atomic E-state index is 0.512. The van der Waals surface area contributed by atoms with Crippen LogP contribution in [0.5, 0.6) is 0 Å². The summed E-state index contributed by atoms with van der Waals surface area (Å²) in [5.74, 6) is 0.734. The highest BCUT2D eigenvalue weighted by molar-refractivity contribution is 7.09. The summed E-state index contributed by atoms with van der Waals surface area (Å²) in [7, 11) is 0. The van der Waals surface area contributed by atoms with E-state index in [1.807, 2.05) is 11.3 Å². The molecule has 2 nitrogen and oxygen atoms in total. The maximum Gasteiger partial charge on any atom is 0.0965 e. The topological polar surface area (TPSA) is 24.9 Å².